The average molecular weight is 686 g/mol. The molecule has 1 saturated heterocycles. The van der Waals surface area contributed by atoms with Gasteiger partial charge in [0.1, 0.15) is 31.1 Å². The van der Waals surface area contributed by atoms with Gasteiger partial charge < -0.3 is 28.1 Å². The van der Waals surface area contributed by atoms with Crippen LogP contribution in [0.4, 0.5) is 10.5 Å². The predicted octanol–water partition coefficient (Wildman–Crippen LogP) is 5.93. The molecule has 0 aliphatic carbocycles. The molecule has 1 fully saturated rings. The molecule has 2 heterocycles. The van der Waals surface area contributed by atoms with Crippen molar-refractivity contribution in [3.63, 3.8) is 0 Å². The molecule has 4 atom stereocenters. The van der Waals surface area contributed by atoms with Crippen LogP contribution in [0.25, 0.3) is 0 Å². The van der Waals surface area contributed by atoms with Crippen molar-refractivity contribution in [3.05, 3.63) is 96.3 Å². The Kier molecular flexibility index (Phi) is 11.2. The van der Waals surface area contributed by atoms with Crippen LogP contribution in [0.1, 0.15) is 63.1 Å². The molecule has 48 heavy (non-hydrogen) atoms. The number of nitro groups is 1. The minimum Gasteiger partial charge on any atom is -0.493 e. The second kappa shape index (κ2) is 14.7. The Morgan fingerprint density at radius 1 is 1.17 bits per heavy atom. The second-order valence-corrected chi connectivity index (χ2v) is 18.0. The highest BCUT2D eigenvalue weighted by molar-refractivity contribution is 6.74. The van der Waals surface area contributed by atoms with Crippen LogP contribution in [0.15, 0.2) is 58.3 Å². The van der Waals surface area contributed by atoms with E-state index in [2.05, 4.69) is 38.8 Å². The van der Waals surface area contributed by atoms with Crippen LogP contribution in [0.2, 0.25) is 18.1 Å². The van der Waals surface area contributed by atoms with Gasteiger partial charge in [-0.25, -0.2) is 9.59 Å². The lowest BCUT2D eigenvalue weighted by molar-refractivity contribution is -0.386. The van der Waals surface area contributed by atoms with Gasteiger partial charge in [-0.05, 0) is 43.6 Å². The SMILES string of the molecule is COc1cc([C@@H](C)OC(=O)O[C@H]2C[C@H](n3cc(C)c(=O)[nH]c3=O)O[C@@H]2CO[Si](C)(C)C(C)(C)C)c([N+](=O)[O-])cc1OCc1ccccc1. The maximum Gasteiger partial charge on any atom is 0.509 e. The molecule has 2 aromatic carbocycles. The van der Waals surface area contributed by atoms with Gasteiger partial charge in [-0.3, -0.25) is 24.5 Å². The fourth-order valence-corrected chi connectivity index (χ4v) is 5.88. The molecule has 15 heteroatoms. The topological polar surface area (TPSA) is 170 Å². The highest BCUT2D eigenvalue weighted by atomic mass is 28.4. The van der Waals surface area contributed by atoms with E-state index in [1.165, 1.54) is 36.9 Å². The molecule has 260 valence electrons. The summed E-state index contributed by atoms with van der Waals surface area (Å²) in [4.78, 5) is 51.5. The van der Waals surface area contributed by atoms with Crippen molar-refractivity contribution < 1.29 is 37.8 Å². The zero-order valence-corrected chi connectivity index (χ0v) is 29.4. The van der Waals surface area contributed by atoms with Gasteiger partial charge in [0.2, 0.25) is 0 Å². The smallest absolute Gasteiger partial charge is 0.493 e. The van der Waals surface area contributed by atoms with Gasteiger partial charge >= 0.3 is 11.8 Å². The van der Waals surface area contributed by atoms with Crippen LogP contribution in [-0.4, -0.2) is 54.9 Å². The molecule has 1 aliphatic rings. The standard InChI is InChI=1S/C33H43N3O11Si/c1-20-17-35(31(38)34-30(20)37)29-16-27(28(46-29)19-44-48(7,8)33(3,4)5)47-32(39)45-21(2)23-14-25(42-6)26(15-24(23)36(40)41)43-18-22-12-10-9-11-13-22/h9-15,17,21,27-29H,16,18-19H2,1-8H3,(H,34,37,38)/t21-,27+,28-,29-/m1/s1. The van der Waals surface area contributed by atoms with Crippen molar-refractivity contribution in [2.45, 2.75) is 90.3 Å². The number of nitro benzene ring substituents is 1. The summed E-state index contributed by atoms with van der Waals surface area (Å²) in [5, 5.41) is 12.0. The summed E-state index contributed by atoms with van der Waals surface area (Å²) in [5.41, 5.74) is -0.296. The molecule has 4 rings (SSSR count). The first-order valence-electron chi connectivity index (χ1n) is 15.5. The summed E-state index contributed by atoms with van der Waals surface area (Å²) in [6, 6.07) is 11.9. The minimum absolute atomic E-state index is 0.0574. The number of hydrogen-bond donors (Lipinski definition) is 1. The summed E-state index contributed by atoms with van der Waals surface area (Å²) in [5.74, 6) is 0.366. The Bertz CT molecular complexity index is 1730. The number of hydrogen-bond acceptors (Lipinski definition) is 11. The molecule has 0 bridgehead atoms. The molecule has 0 radical (unpaired) electrons. The number of ether oxygens (including phenoxy) is 5. The fraction of sp³-hybridized carbons (Fsp3) is 0.485. The molecular formula is C33H43N3O11Si. The van der Waals surface area contributed by atoms with E-state index >= 15 is 0 Å². The Balaban J connectivity index is 1.53. The van der Waals surface area contributed by atoms with Gasteiger partial charge in [0.15, 0.2) is 19.8 Å². The van der Waals surface area contributed by atoms with Crippen molar-refractivity contribution in [1.29, 1.82) is 0 Å². The largest absolute Gasteiger partial charge is 0.509 e. The maximum absolute atomic E-state index is 13.2. The number of carbonyl (C=O) groups is 1. The Hall–Kier alpha value is -4.47. The predicted molar refractivity (Wildman–Crippen MR) is 178 cm³/mol. The lowest BCUT2D eigenvalue weighted by Crippen LogP contribution is -2.44. The number of H-pyrrole nitrogens is 1. The van der Waals surface area contributed by atoms with Crippen LogP contribution >= 0.6 is 0 Å². The van der Waals surface area contributed by atoms with Crippen LogP contribution in [-0.2, 0) is 25.2 Å². The quantitative estimate of drug-likeness (QED) is 0.104. The summed E-state index contributed by atoms with van der Waals surface area (Å²) in [7, 11) is -0.850. The first kappa shape index (κ1) is 36.4. The minimum atomic E-state index is -2.25. The van der Waals surface area contributed by atoms with Crippen LogP contribution in [0, 0.1) is 17.0 Å². The van der Waals surface area contributed by atoms with E-state index in [4.69, 9.17) is 28.1 Å². The number of carbonyl (C=O) groups excluding carboxylic acids is 1. The molecule has 3 aromatic rings. The van der Waals surface area contributed by atoms with E-state index in [9.17, 15) is 24.5 Å². The summed E-state index contributed by atoms with van der Waals surface area (Å²) in [6.45, 7) is 13.7. The molecule has 0 spiro atoms. The number of aromatic amines is 1. The summed E-state index contributed by atoms with van der Waals surface area (Å²) in [6.07, 6.45) is -3.33. The van der Waals surface area contributed by atoms with Gasteiger partial charge in [0.05, 0.1) is 30.3 Å². The highest BCUT2D eigenvalue weighted by Gasteiger charge is 2.44. The zero-order valence-electron chi connectivity index (χ0n) is 28.4. The second-order valence-electron chi connectivity index (χ2n) is 13.2. The maximum atomic E-state index is 13.2. The zero-order chi connectivity index (χ0) is 35.4. The van der Waals surface area contributed by atoms with E-state index in [1.54, 1.807) is 6.92 Å². The molecule has 0 unspecified atom stereocenters. The molecule has 0 amide bonds. The van der Waals surface area contributed by atoms with E-state index in [1.807, 2.05) is 30.3 Å². The number of nitrogens with one attached hydrogen (secondary N) is 1. The number of benzene rings is 2. The lowest BCUT2D eigenvalue weighted by Gasteiger charge is -2.37. The third kappa shape index (κ3) is 8.51. The summed E-state index contributed by atoms with van der Waals surface area (Å²) < 4.78 is 36.3. The Labute approximate surface area is 279 Å². The van der Waals surface area contributed by atoms with Gasteiger partial charge in [-0.2, -0.15) is 0 Å². The third-order valence-corrected chi connectivity index (χ3v) is 13.3. The molecule has 1 aromatic heterocycles. The Morgan fingerprint density at radius 3 is 2.48 bits per heavy atom. The van der Waals surface area contributed by atoms with Crippen molar-refractivity contribution in [3.8, 4) is 11.5 Å². The third-order valence-electron chi connectivity index (χ3n) is 8.76. The molecule has 0 saturated carbocycles. The lowest BCUT2D eigenvalue weighted by atomic mass is 10.1. The van der Waals surface area contributed by atoms with Crippen molar-refractivity contribution in [1.82, 2.24) is 9.55 Å². The number of aromatic nitrogens is 2. The number of aryl methyl sites for hydroxylation is 1. The van der Waals surface area contributed by atoms with Crippen molar-refractivity contribution >= 4 is 20.2 Å². The number of rotatable bonds is 12. The normalized spacial score (nSPS) is 18.6. The van der Waals surface area contributed by atoms with Gasteiger partial charge in [-0.15, -0.1) is 0 Å². The van der Waals surface area contributed by atoms with Crippen LogP contribution in [0.5, 0.6) is 11.5 Å². The van der Waals surface area contributed by atoms with Crippen LogP contribution in [0.3, 0.4) is 0 Å². The summed E-state index contributed by atoms with van der Waals surface area (Å²) >= 11 is 0. The molecular weight excluding hydrogens is 642 g/mol. The Morgan fingerprint density at radius 2 is 1.85 bits per heavy atom. The van der Waals surface area contributed by atoms with Gasteiger partial charge in [0.25, 0.3) is 11.2 Å². The van der Waals surface area contributed by atoms with Crippen molar-refractivity contribution in [2.24, 2.45) is 0 Å². The first-order chi connectivity index (χ1) is 22.5. The van der Waals surface area contributed by atoms with Gasteiger partial charge in [-0.1, -0.05) is 51.1 Å². The molecule has 1 aliphatic heterocycles. The monoisotopic (exact) mass is 685 g/mol. The number of nitrogens with zero attached hydrogens (tertiary/aromatic N) is 2. The van der Waals surface area contributed by atoms with Crippen LogP contribution < -0.4 is 20.7 Å². The van der Waals surface area contributed by atoms with E-state index in [-0.39, 0.29) is 47.4 Å². The molecule has 1 N–H and O–H groups in total. The van der Waals surface area contributed by atoms with Crippen molar-refractivity contribution in [2.75, 3.05) is 13.7 Å². The molecule has 14 nitrogen and oxygen atoms in total. The van der Waals surface area contributed by atoms with Gasteiger partial charge in [0, 0.05) is 18.2 Å². The average Bonchev–Trinajstić information content (AvgIpc) is 3.41. The number of methoxy groups -OCH3 is 1. The highest BCUT2D eigenvalue weighted by Crippen LogP contribution is 2.40. The van der Waals surface area contributed by atoms with E-state index < -0.39 is 55.2 Å². The van der Waals surface area contributed by atoms with E-state index in [0.29, 0.717) is 5.56 Å². The van der Waals surface area contributed by atoms with E-state index in [0.717, 1.165) is 5.56 Å². The fourth-order valence-electron chi connectivity index (χ4n) is 4.87. The first-order valence-corrected chi connectivity index (χ1v) is 18.4.